The number of nitrogens with one attached hydrogen (secondary N) is 3. The highest BCUT2D eigenvalue weighted by molar-refractivity contribution is 5.87. The highest BCUT2D eigenvalue weighted by atomic mass is 16.5. The van der Waals surface area contributed by atoms with Gasteiger partial charge in [0.2, 0.25) is 5.56 Å². The normalized spacial score (nSPS) is 19.3. The Kier molecular flexibility index (Phi) is 8.71. The summed E-state index contributed by atoms with van der Waals surface area (Å²) in [5.74, 6) is 0.00373. The summed E-state index contributed by atoms with van der Waals surface area (Å²) in [7, 11) is 0. The number of phenolic OH excluding ortho intramolecular Hbond substituents is 1. The monoisotopic (exact) mass is 465 g/mol. The number of aliphatic hydroxyl groups is 1. The molecule has 1 aliphatic carbocycles. The second kappa shape index (κ2) is 12.1. The van der Waals surface area contributed by atoms with E-state index in [0.29, 0.717) is 35.1 Å². The number of fused-ring (bicyclic) bond motifs is 1. The standard InChI is InChI=1S/C27H35N3O4/c31-24-12-10-22(23-11-13-26(33)30-27(23)24)25(32)18-29-21-8-6-20(7-9-21)28-15-17-34-16-14-19-4-2-1-3-5-19/h1-5,10-13,20-21,25,28-29,31-32H,6-9,14-18H2,(H,30,33)/t20?,21?,25-/m0/s1. The van der Waals surface area contributed by atoms with Crippen LogP contribution in [0.2, 0.25) is 0 Å². The van der Waals surface area contributed by atoms with Crippen molar-refractivity contribution in [1.82, 2.24) is 15.6 Å². The third-order valence-electron chi connectivity index (χ3n) is 6.65. The Balaban J connectivity index is 1.13. The molecule has 1 saturated carbocycles. The molecule has 1 aliphatic rings. The fraction of sp³-hybridized carbons (Fsp3) is 0.444. The van der Waals surface area contributed by atoms with Crippen molar-refractivity contribution in [1.29, 1.82) is 0 Å². The van der Waals surface area contributed by atoms with Crippen molar-refractivity contribution in [3.05, 3.63) is 76.1 Å². The molecule has 0 spiro atoms. The minimum atomic E-state index is -0.724. The third-order valence-corrected chi connectivity index (χ3v) is 6.65. The fourth-order valence-electron chi connectivity index (χ4n) is 4.71. The molecule has 5 N–H and O–H groups in total. The minimum Gasteiger partial charge on any atom is -0.506 e. The molecule has 1 atom stereocenters. The molecule has 1 aromatic heterocycles. The third kappa shape index (κ3) is 6.67. The Morgan fingerprint density at radius 1 is 0.941 bits per heavy atom. The number of aromatic hydroxyl groups is 1. The van der Waals surface area contributed by atoms with Crippen molar-refractivity contribution in [2.24, 2.45) is 0 Å². The lowest BCUT2D eigenvalue weighted by Gasteiger charge is -2.30. The van der Waals surface area contributed by atoms with Gasteiger partial charge in [-0.2, -0.15) is 0 Å². The van der Waals surface area contributed by atoms with E-state index in [1.54, 1.807) is 12.1 Å². The van der Waals surface area contributed by atoms with Gasteiger partial charge in [0.05, 0.1) is 24.8 Å². The molecular weight excluding hydrogens is 430 g/mol. The summed E-state index contributed by atoms with van der Waals surface area (Å²) in [4.78, 5) is 14.2. The molecule has 0 bridgehead atoms. The number of hydrogen-bond acceptors (Lipinski definition) is 6. The first-order chi connectivity index (χ1) is 16.6. The van der Waals surface area contributed by atoms with E-state index >= 15 is 0 Å². The van der Waals surface area contributed by atoms with Gasteiger partial charge in [0.15, 0.2) is 0 Å². The van der Waals surface area contributed by atoms with Crippen LogP contribution in [0.5, 0.6) is 5.75 Å². The van der Waals surface area contributed by atoms with Crippen LogP contribution in [0, 0.1) is 0 Å². The molecule has 0 radical (unpaired) electrons. The summed E-state index contributed by atoms with van der Waals surface area (Å²) in [5.41, 5.74) is 2.08. The highest BCUT2D eigenvalue weighted by Crippen LogP contribution is 2.29. The van der Waals surface area contributed by atoms with Crippen LogP contribution in [-0.4, -0.2) is 53.6 Å². The average molecular weight is 466 g/mol. The van der Waals surface area contributed by atoms with Crippen LogP contribution in [0.1, 0.15) is 42.9 Å². The zero-order valence-corrected chi connectivity index (χ0v) is 19.5. The number of phenols is 1. The van der Waals surface area contributed by atoms with Gasteiger partial charge in [-0.3, -0.25) is 4.79 Å². The Morgan fingerprint density at radius 3 is 2.44 bits per heavy atom. The van der Waals surface area contributed by atoms with Gasteiger partial charge in [0.1, 0.15) is 5.75 Å². The lowest BCUT2D eigenvalue weighted by atomic mass is 9.91. The van der Waals surface area contributed by atoms with Crippen LogP contribution in [0.4, 0.5) is 0 Å². The van der Waals surface area contributed by atoms with E-state index in [0.717, 1.165) is 51.9 Å². The molecule has 34 heavy (non-hydrogen) atoms. The van der Waals surface area contributed by atoms with E-state index in [9.17, 15) is 15.0 Å². The first kappa shape index (κ1) is 24.4. The molecule has 1 heterocycles. The zero-order valence-electron chi connectivity index (χ0n) is 19.5. The van der Waals surface area contributed by atoms with Gasteiger partial charge in [-0.25, -0.2) is 0 Å². The molecule has 0 aliphatic heterocycles. The number of ether oxygens (including phenoxy) is 1. The largest absolute Gasteiger partial charge is 0.506 e. The van der Waals surface area contributed by atoms with Crippen molar-refractivity contribution in [3.63, 3.8) is 0 Å². The van der Waals surface area contributed by atoms with Crippen molar-refractivity contribution in [2.75, 3.05) is 26.3 Å². The Bertz CT molecular complexity index is 1090. The van der Waals surface area contributed by atoms with Crippen LogP contribution in [0.15, 0.2) is 59.4 Å². The van der Waals surface area contributed by atoms with E-state index in [2.05, 4.69) is 39.9 Å². The van der Waals surface area contributed by atoms with E-state index in [-0.39, 0.29) is 11.3 Å². The van der Waals surface area contributed by atoms with Gasteiger partial charge in [-0.15, -0.1) is 0 Å². The lowest BCUT2D eigenvalue weighted by Crippen LogP contribution is -2.42. The molecule has 1 fully saturated rings. The second-order valence-corrected chi connectivity index (χ2v) is 9.06. The quantitative estimate of drug-likeness (QED) is 0.279. The van der Waals surface area contributed by atoms with E-state index < -0.39 is 6.10 Å². The highest BCUT2D eigenvalue weighted by Gasteiger charge is 2.22. The van der Waals surface area contributed by atoms with Crippen molar-refractivity contribution >= 4 is 10.9 Å². The second-order valence-electron chi connectivity index (χ2n) is 9.06. The molecular formula is C27H35N3O4. The average Bonchev–Trinajstić information content (AvgIpc) is 2.86. The molecule has 7 nitrogen and oxygen atoms in total. The summed E-state index contributed by atoms with van der Waals surface area (Å²) in [6, 6.07) is 17.6. The first-order valence-corrected chi connectivity index (χ1v) is 12.2. The number of rotatable bonds is 11. The molecule has 2 aromatic carbocycles. The van der Waals surface area contributed by atoms with Crippen molar-refractivity contribution < 1.29 is 14.9 Å². The van der Waals surface area contributed by atoms with Crippen LogP contribution in [0.25, 0.3) is 10.9 Å². The van der Waals surface area contributed by atoms with E-state index in [1.807, 2.05) is 6.07 Å². The molecule has 0 unspecified atom stereocenters. The lowest BCUT2D eigenvalue weighted by molar-refractivity contribution is 0.133. The van der Waals surface area contributed by atoms with Gasteiger partial charge < -0.3 is 30.6 Å². The maximum atomic E-state index is 11.6. The predicted octanol–water partition coefficient (Wildman–Crippen LogP) is 3.02. The Morgan fingerprint density at radius 2 is 1.68 bits per heavy atom. The molecule has 0 amide bonds. The van der Waals surface area contributed by atoms with Gasteiger partial charge in [-0.1, -0.05) is 36.4 Å². The van der Waals surface area contributed by atoms with Crippen LogP contribution in [0.3, 0.4) is 0 Å². The number of H-pyrrole nitrogens is 1. The number of aromatic amines is 1. The van der Waals surface area contributed by atoms with Crippen LogP contribution >= 0.6 is 0 Å². The fourth-order valence-corrected chi connectivity index (χ4v) is 4.71. The molecule has 182 valence electrons. The van der Waals surface area contributed by atoms with E-state index in [4.69, 9.17) is 4.74 Å². The minimum absolute atomic E-state index is 0.00373. The maximum absolute atomic E-state index is 11.6. The van der Waals surface area contributed by atoms with Gasteiger partial charge in [0, 0.05) is 36.6 Å². The van der Waals surface area contributed by atoms with Crippen molar-refractivity contribution in [2.45, 2.75) is 50.3 Å². The van der Waals surface area contributed by atoms with Crippen LogP contribution in [-0.2, 0) is 11.2 Å². The summed E-state index contributed by atoms with van der Waals surface area (Å²) in [5, 5.41) is 28.5. The molecule has 0 saturated heterocycles. The number of hydrogen-bond donors (Lipinski definition) is 5. The topological polar surface area (TPSA) is 107 Å². The smallest absolute Gasteiger partial charge is 0.248 e. The maximum Gasteiger partial charge on any atom is 0.248 e. The molecule has 7 heteroatoms. The summed E-state index contributed by atoms with van der Waals surface area (Å²) < 4.78 is 5.76. The van der Waals surface area contributed by atoms with Gasteiger partial charge in [-0.05, 0) is 55.4 Å². The Labute approximate surface area is 200 Å². The zero-order chi connectivity index (χ0) is 23.8. The molecule has 4 rings (SSSR count). The Hall–Kier alpha value is -2.71. The summed E-state index contributed by atoms with van der Waals surface area (Å²) in [6.45, 7) is 2.77. The van der Waals surface area contributed by atoms with Gasteiger partial charge >= 0.3 is 0 Å². The predicted molar refractivity (Wildman–Crippen MR) is 134 cm³/mol. The van der Waals surface area contributed by atoms with Crippen LogP contribution < -0.4 is 16.2 Å². The number of aromatic nitrogens is 1. The van der Waals surface area contributed by atoms with Crippen molar-refractivity contribution in [3.8, 4) is 5.75 Å². The first-order valence-electron chi connectivity index (χ1n) is 12.2. The van der Waals surface area contributed by atoms with E-state index in [1.165, 1.54) is 17.7 Å². The SMILES string of the molecule is O=c1ccc2c([C@@H](O)CNC3CCC(NCCOCCc4ccccc4)CC3)ccc(O)c2[nH]1. The molecule has 3 aromatic rings. The van der Waals surface area contributed by atoms with Gasteiger partial charge in [0.25, 0.3) is 0 Å². The number of benzene rings is 2. The number of pyridine rings is 1. The summed E-state index contributed by atoms with van der Waals surface area (Å²) >= 11 is 0. The summed E-state index contributed by atoms with van der Waals surface area (Å²) in [6.07, 6.45) is 4.54. The number of aliphatic hydroxyl groups excluding tert-OH is 1.